The molecular weight excluding hydrogens is 302 g/mol. The summed E-state index contributed by atoms with van der Waals surface area (Å²) in [6, 6.07) is 7.99. The predicted molar refractivity (Wildman–Crippen MR) is 95.5 cm³/mol. The SMILES string of the molecule is CC(C)(C)OC(=O)N1C=CC=C(Nc2cccc3cnccc23)C1. The summed E-state index contributed by atoms with van der Waals surface area (Å²) in [4.78, 5) is 17.9. The Morgan fingerprint density at radius 1 is 1.29 bits per heavy atom. The second kappa shape index (κ2) is 6.35. The van der Waals surface area contributed by atoms with Crippen molar-refractivity contribution in [3.05, 3.63) is 60.7 Å². The van der Waals surface area contributed by atoms with Crippen molar-refractivity contribution >= 4 is 22.6 Å². The lowest BCUT2D eigenvalue weighted by molar-refractivity contribution is 0.0346. The number of fused-ring (bicyclic) bond motifs is 1. The van der Waals surface area contributed by atoms with Crippen molar-refractivity contribution in [1.82, 2.24) is 9.88 Å². The highest BCUT2D eigenvalue weighted by atomic mass is 16.6. The molecule has 2 aromatic rings. The average Bonchev–Trinajstić information content (AvgIpc) is 2.54. The summed E-state index contributed by atoms with van der Waals surface area (Å²) >= 11 is 0. The third-order valence-corrected chi connectivity index (χ3v) is 3.51. The van der Waals surface area contributed by atoms with Gasteiger partial charge in [-0.05, 0) is 45.1 Å². The van der Waals surface area contributed by atoms with E-state index < -0.39 is 5.60 Å². The third kappa shape index (κ3) is 3.74. The van der Waals surface area contributed by atoms with Crippen LogP contribution < -0.4 is 5.32 Å². The van der Waals surface area contributed by atoms with Gasteiger partial charge in [0.15, 0.2) is 0 Å². The summed E-state index contributed by atoms with van der Waals surface area (Å²) in [7, 11) is 0. The van der Waals surface area contributed by atoms with E-state index in [1.54, 1.807) is 17.3 Å². The lowest BCUT2D eigenvalue weighted by Gasteiger charge is -2.27. The summed E-state index contributed by atoms with van der Waals surface area (Å²) in [6.07, 6.45) is 8.78. The lowest BCUT2D eigenvalue weighted by atomic mass is 10.1. The number of amides is 1. The van der Waals surface area contributed by atoms with Crippen LogP contribution in [0.15, 0.2) is 60.7 Å². The molecule has 1 aromatic heterocycles. The van der Waals surface area contributed by atoms with Gasteiger partial charge in [0, 0.05) is 40.8 Å². The summed E-state index contributed by atoms with van der Waals surface area (Å²) in [5.74, 6) is 0. The largest absolute Gasteiger partial charge is 0.443 e. The molecule has 1 aliphatic rings. The number of anilines is 1. The maximum absolute atomic E-state index is 12.2. The van der Waals surface area contributed by atoms with E-state index in [0.29, 0.717) is 6.54 Å². The van der Waals surface area contributed by atoms with Crippen LogP contribution in [0.1, 0.15) is 20.8 Å². The van der Waals surface area contributed by atoms with Gasteiger partial charge in [-0.1, -0.05) is 12.1 Å². The van der Waals surface area contributed by atoms with E-state index in [1.165, 1.54) is 0 Å². The Labute approximate surface area is 141 Å². The number of nitrogens with one attached hydrogen (secondary N) is 1. The minimum absolute atomic E-state index is 0.353. The van der Waals surface area contributed by atoms with Gasteiger partial charge < -0.3 is 10.1 Å². The lowest BCUT2D eigenvalue weighted by Crippen LogP contribution is -2.36. The first-order valence-electron chi connectivity index (χ1n) is 7.89. The Morgan fingerprint density at radius 3 is 2.92 bits per heavy atom. The molecule has 0 atom stereocenters. The first-order chi connectivity index (χ1) is 11.4. The number of carbonyl (C=O) groups excluding carboxylic acids is 1. The van der Waals surface area contributed by atoms with E-state index in [2.05, 4.69) is 10.3 Å². The van der Waals surface area contributed by atoms with E-state index in [-0.39, 0.29) is 6.09 Å². The first kappa shape index (κ1) is 16.1. The molecule has 1 amide bonds. The molecule has 0 fully saturated rings. The van der Waals surface area contributed by atoms with Crippen LogP contribution in [0.2, 0.25) is 0 Å². The molecule has 124 valence electrons. The fourth-order valence-electron chi connectivity index (χ4n) is 2.48. The van der Waals surface area contributed by atoms with Crippen LogP contribution >= 0.6 is 0 Å². The van der Waals surface area contributed by atoms with Gasteiger partial charge in [-0.2, -0.15) is 0 Å². The van der Waals surface area contributed by atoms with Gasteiger partial charge in [0.05, 0.1) is 6.54 Å². The fraction of sp³-hybridized carbons (Fsp3) is 0.263. The molecule has 0 radical (unpaired) electrons. The number of pyridine rings is 1. The Kier molecular flexibility index (Phi) is 4.25. The van der Waals surface area contributed by atoms with Gasteiger partial charge in [-0.3, -0.25) is 9.88 Å². The van der Waals surface area contributed by atoms with Crippen LogP contribution in [0.25, 0.3) is 10.8 Å². The number of rotatable bonds is 2. The maximum Gasteiger partial charge on any atom is 0.414 e. The molecule has 24 heavy (non-hydrogen) atoms. The molecule has 0 saturated heterocycles. The summed E-state index contributed by atoms with van der Waals surface area (Å²) in [5.41, 5.74) is 1.40. The summed E-state index contributed by atoms with van der Waals surface area (Å²) < 4.78 is 5.42. The van der Waals surface area contributed by atoms with Crippen molar-refractivity contribution in [3.8, 4) is 0 Å². The quantitative estimate of drug-likeness (QED) is 0.895. The molecule has 0 saturated carbocycles. The Morgan fingerprint density at radius 2 is 2.12 bits per heavy atom. The molecule has 0 aliphatic carbocycles. The number of ether oxygens (including phenoxy) is 1. The van der Waals surface area contributed by atoms with Crippen LogP contribution in [0, 0.1) is 0 Å². The smallest absolute Gasteiger partial charge is 0.414 e. The molecular formula is C19H21N3O2. The topological polar surface area (TPSA) is 54.5 Å². The zero-order valence-corrected chi connectivity index (χ0v) is 14.1. The number of nitrogens with zero attached hydrogens (tertiary/aromatic N) is 2. The van der Waals surface area contributed by atoms with E-state index in [0.717, 1.165) is 22.2 Å². The van der Waals surface area contributed by atoms with Gasteiger partial charge in [-0.25, -0.2) is 4.79 Å². The molecule has 1 aromatic carbocycles. The highest BCUT2D eigenvalue weighted by molar-refractivity contribution is 5.93. The highest BCUT2D eigenvalue weighted by Crippen LogP contribution is 2.24. The predicted octanol–water partition coefficient (Wildman–Crippen LogP) is 4.30. The standard InChI is InChI=1S/C19H21N3O2/c1-19(2,3)24-18(23)22-11-5-7-15(13-22)21-17-8-4-6-14-12-20-10-9-16(14)17/h4-12,21H,13H2,1-3H3. The van der Waals surface area contributed by atoms with Gasteiger partial charge in [-0.15, -0.1) is 0 Å². The highest BCUT2D eigenvalue weighted by Gasteiger charge is 2.22. The molecule has 0 spiro atoms. The summed E-state index contributed by atoms with van der Waals surface area (Å²) in [5, 5.41) is 5.56. The third-order valence-electron chi connectivity index (χ3n) is 3.51. The minimum atomic E-state index is -0.512. The number of allylic oxidation sites excluding steroid dienone is 2. The zero-order valence-electron chi connectivity index (χ0n) is 14.1. The molecule has 0 unspecified atom stereocenters. The van der Waals surface area contributed by atoms with Crippen molar-refractivity contribution in [2.45, 2.75) is 26.4 Å². The van der Waals surface area contributed by atoms with E-state index in [9.17, 15) is 4.79 Å². The number of benzene rings is 1. The van der Waals surface area contributed by atoms with Gasteiger partial charge in [0.2, 0.25) is 0 Å². The second-order valence-electron chi connectivity index (χ2n) is 6.67. The molecule has 3 rings (SSSR count). The number of carbonyl (C=O) groups is 1. The van der Waals surface area contributed by atoms with Crippen LogP contribution in [-0.4, -0.2) is 28.1 Å². The van der Waals surface area contributed by atoms with E-state index >= 15 is 0 Å². The second-order valence-corrected chi connectivity index (χ2v) is 6.67. The molecule has 2 heterocycles. The molecule has 1 N–H and O–H groups in total. The molecule has 1 aliphatic heterocycles. The van der Waals surface area contributed by atoms with Crippen molar-refractivity contribution < 1.29 is 9.53 Å². The number of hydrogen-bond acceptors (Lipinski definition) is 4. The van der Waals surface area contributed by atoms with Crippen molar-refractivity contribution in [1.29, 1.82) is 0 Å². The Bertz CT molecular complexity index is 813. The zero-order chi connectivity index (χ0) is 17.2. The Hall–Kier alpha value is -2.82. The number of hydrogen-bond donors (Lipinski definition) is 1. The Balaban J connectivity index is 1.75. The van der Waals surface area contributed by atoms with Crippen molar-refractivity contribution in [2.75, 3.05) is 11.9 Å². The van der Waals surface area contributed by atoms with E-state index in [1.807, 2.05) is 63.4 Å². The van der Waals surface area contributed by atoms with Crippen LogP contribution in [0.5, 0.6) is 0 Å². The normalized spacial score (nSPS) is 14.5. The number of aromatic nitrogens is 1. The molecule has 5 heteroatoms. The first-order valence-corrected chi connectivity index (χ1v) is 7.89. The van der Waals surface area contributed by atoms with Crippen LogP contribution in [0.4, 0.5) is 10.5 Å². The molecule has 0 bridgehead atoms. The average molecular weight is 323 g/mol. The van der Waals surface area contributed by atoms with Crippen LogP contribution in [-0.2, 0) is 4.74 Å². The maximum atomic E-state index is 12.2. The van der Waals surface area contributed by atoms with Crippen LogP contribution in [0.3, 0.4) is 0 Å². The van der Waals surface area contributed by atoms with Crippen molar-refractivity contribution in [2.24, 2.45) is 0 Å². The van der Waals surface area contributed by atoms with Gasteiger partial charge in [0.25, 0.3) is 0 Å². The molecule has 5 nitrogen and oxygen atoms in total. The van der Waals surface area contributed by atoms with E-state index in [4.69, 9.17) is 4.74 Å². The van der Waals surface area contributed by atoms with Gasteiger partial charge >= 0.3 is 6.09 Å². The minimum Gasteiger partial charge on any atom is -0.443 e. The fourth-order valence-corrected chi connectivity index (χ4v) is 2.48. The van der Waals surface area contributed by atoms with Crippen molar-refractivity contribution in [3.63, 3.8) is 0 Å². The monoisotopic (exact) mass is 323 g/mol. The summed E-state index contributed by atoms with van der Waals surface area (Å²) in [6.45, 7) is 6.01. The van der Waals surface area contributed by atoms with Gasteiger partial charge in [0.1, 0.15) is 5.60 Å².